The van der Waals surface area contributed by atoms with Crippen LogP contribution in [0, 0.1) is 11.8 Å². The Morgan fingerprint density at radius 3 is 2.12 bits per heavy atom. The number of amides is 2. The molecule has 0 aromatic carbocycles. The van der Waals surface area contributed by atoms with E-state index < -0.39 is 48.2 Å². The number of allylic oxidation sites excluding steroid dienone is 1. The average molecular weight is 571 g/mol. The average Bonchev–Trinajstić information content (AvgIpc) is 3.11. The Morgan fingerprint density at radius 2 is 1.55 bits per heavy atom. The van der Waals surface area contributed by atoms with E-state index in [0.717, 1.165) is 19.3 Å². The molecule has 0 aromatic rings. The molecular formula is C30H54N2O8. The zero-order chi connectivity index (χ0) is 29.9. The van der Waals surface area contributed by atoms with Gasteiger partial charge in [0.1, 0.15) is 24.4 Å². The van der Waals surface area contributed by atoms with Crippen LogP contribution in [0.4, 0.5) is 0 Å². The van der Waals surface area contributed by atoms with Crippen molar-refractivity contribution in [1.29, 1.82) is 0 Å². The Kier molecular flexibility index (Phi) is 18.7. The van der Waals surface area contributed by atoms with Crippen LogP contribution >= 0.6 is 0 Å². The van der Waals surface area contributed by atoms with Crippen molar-refractivity contribution >= 4 is 17.8 Å². The Hall–Kier alpha value is -2.01. The molecule has 1 heterocycles. The Labute approximate surface area is 240 Å². The van der Waals surface area contributed by atoms with Gasteiger partial charge in [-0.1, -0.05) is 90.7 Å². The molecule has 0 radical (unpaired) electrons. The summed E-state index contributed by atoms with van der Waals surface area (Å²) >= 11 is 0. The fourth-order valence-corrected chi connectivity index (χ4v) is 4.65. The number of methoxy groups -OCH3 is 1. The number of hydrogen-bond donors (Lipinski definition) is 5. The largest absolute Gasteiger partial charge is 0.465 e. The SMILES string of the molecule is CCCCCCCCCCCCOC(=O)C1CCC(NC(=O)[C@H](OC)[C@H](O)[C@@H](O)[C@H](O)/C=C/C(C)C)C(=O)NC1. The molecule has 1 rings (SSSR count). The maximum Gasteiger partial charge on any atom is 0.310 e. The number of hydrogen-bond acceptors (Lipinski definition) is 8. The van der Waals surface area contributed by atoms with Crippen LogP contribution in [0.2, 0.25) is 0 Å². The van der Waals surface area contributed by atoms with Crippen LogP contribution in [0.25, 0.3) is 0 Å². The van der Waals surface area contributed by atoms with Crippen LogP contribution in [0.1, 0.15) is 97.8 Å². The molecule has 10 nitrogen and oxygen atoms in total. The number of aliphatic hydroxyl groups is 3. The first kappa shape index (κ1) is 36.0. The van der Waals surface area contributed by atoms with E-state index >= 15 is 0 Å². The van der Waals surface area contributed by atoms with E-state index in [1.165, 1.54) is 58.1 Å². The van der Waals surface area contributed by atoms with Crippen molar-refractivity contribution < 1.29 is 39.2 Å². The van der Waals surface area contributed by atoms with Crippen molar-refractivity contribution in [3.63, 3.8) is 0 Å². The lowest BCUT2D eigenvalue weighted by Gasteiger charge is -2.28. The number of esters is 1. The lowest BCUT2D eigenvalue weighted by molar-refractivity contribution is -0.150. The first-order valence-corrected chi connectivity index (χ1v) is 15.1. The maximum absolute atomic E-state index is 12.8. The number of aliphatic hydroxyl groups excluding tert-OH is 3. The van der Waals surface area contributed by atoms with Gasteiger partial charge in [0, 0.05) is 13.7 Å². The lowest BCUT2D eigenvalue weighted by Crippen LogP contribution is -2.55. The monoisotopic (exact) mass is 570 g/mol. The van der Waals surface area contributed by atoms with E-state index in [1.54, 1.807) is 6.08 Å². The fourth-order valence-electron chi connectivity index (χ4n) is 4.65. The van der Waals surface area contributed by atoms with Crippen LogP contribution in [0.15, 0.2) is 12.2 Å². The molecule has 40 heavy (non-hydrogen) atoms. The number of rotatable bonds is 20. The third kappa shape index (κ3) is 14.1. The predicted octanol–water partition coefficient (Wildman–Crippen LogP) is 2.77. The second kappa shape index (κ2) is 20.8. The molecule has 0 saturated carbocycles. The third-order valence-corrected chi connectivity index (χ3v) is 7.25. The lowest BCUT2D eigenvalue weighted by atomic mass is 9.99. The van der Waals surface area contributed by atoms with Crippen molar-refractivity contribution in [2.45, 2.75) is 128 Å². The number of nitrogens with one attached hydrogen (secondary N) is 2. The standard InChI is InChI=1S/C30H54N2O8/c1-5-6-7-8-9-10-11-12-13-14-19-40-30(38)22-16-17-23(28(36)31-20-22)32-29(37)27(39-4)26(35)25(34)24(33)18-15-21(2)3/h15,18,21-27,33-35H,5-14,16-17,19-20H2,1-4H3,(H,31,36)(H,32,37)/b18-15+/t22?,23?,24-,25+,26-,27-/m1/s1. The van der Waals surface area contributed by atoms with Gasteiger partial charge < -0.3 is 35.4 Å². The van der Waals surface area contributed by atoms with Gasteiger partial charge in [0.2, 0.25) is 5.91 Å². The summed E-state index contributed by atoms with van der Waals surface area (Å²) in [5, 5.41) is 36.1. The van der Waals surface area contributed by atoms with E-state index in [-0.39, 0.29) is 24.9 Å². The molecule has 0 aliphatic carbocycles. The molecule has 6 atom stereocenters. The van der Waals surface area contributed by atoms with Gasteiger partial charge in [-0.2, -0.15) is 0 Å². The highest BCUT2D eigenvalue weighted by Crippen LogP contribution is 2.17. The highest BCUT2D eigenvalue weighted by atomic mass is 16.5. The molecule has 1 aliphatic heterocycles. The normalized spacial score (nSPS) is 20.9. The first-order chi connectivity index (χ1) is 19.1. The topological polar surface area (TPSA) is 154 Å². The Bertz CT molecular complexity index is 760. The molecule has 0 spiro atoms. The van der Waals surface area contributed by atoms with E-state index in [4.69, 9.17) is 9.47 Å². The van der Waals surface area contributed by atoms with Crippen molar-refractivity contribution in [1.82, 2.24) is 10.6 Å². The van der Waals surface area contributed by atoms with Gasteiger partial charge in [-0.3, -0.25) is 14.4 Å². The van der Waals surface area contributed by atoms with Crippen LogP contribution in [0.3, 0.4) is 0 Å². The molecule has 1 saturated heterocycles. The molecule has 232 valence electrons. The summed E-state index contributed by atoms with van der Waals surface area (Å²) in [4.78, 5) is 37.9. The quantitative estimate of drug-likeness (QED) is 0.0851. The van der Waals surface area contributed by atoms with Gasteiger partial charge in [-0.05, 0) is 25.2 Å². The highest BCUT2D eigenvalue weighted by Gasteiger charge is 2.38. The minimum absolute atomic E-state index is 0.117. The van der Waals surface area contributed by atoms with E-state index in [1.807, 2.05) is 13.8 Å². The zero-order valence-electron chi connectivity index (χ0n) is 25.0. The van der Waals surface area contributed by atoms with Gasteiger partial charge in [-0.15, -0.1) is 0 Å². The van der Waals surface area contributed by atoms with Crippen molar-refractivity contribution in [2.75, 3.05) is 20.3 Å². The summed E-state index contributed by atoms with van der Waals surface area (Å²) in [5.74, 6) is -2.02. The third-order valence-electron chi connectivity index (χ3n) is 7.25. The van der Waals surface area contributed by atoms with E-state index in [2.05, 4.69) is 17.6 Å². The van der Waals surface area contributed by atoms with Crippen LogP contribution in [-0.4, -0.2) is 83.8 Å². The summed E-state index contributed by atoms with van der Waals surface area (Å²) in [6, 6.07) is -0.944. The number of carbonyl (C=O) groups is 3. The summed E-state index contributed by atoms with van der Waals surface area (Å²) in [6.07, 6.45) is 9.13. The maximum atomic E-state index is 12.8. The smallest absolute Gasteiger partial charge is 0.310 e. The van der Waals surface area contributed by atoms with Crippen molar-refractivity contribution in [3.05, 3.63) is 12.2 Å². The first-order valence-electron chi connectivity index (χ1n) is 15.1. The molecule has 1 aliphatic rings. The molecule has 0 bridgehead atoms. The summed E-state index contributed by atoms with van der Waals surface area (Å²) in [6.45, 7) is 6.47. The van der Waals surface area contributed by atoms with Gasteiger partial charge in [0.05, 0.1) is 12.5 Å². The molecule has 2 unspecified atom stereocenters. The minimum atomic E-state index is -1.74. The van der Waals surface area contributed by atoms with Crippen LogP contribution in [0.5, 0.6) is 0 Å². The van der Waals surface area contributed by atoms with E-state index in [0.29, 0.717) is 13.0 Å². The van der Waals surface area contributed by atoms with Crippen LogP contribution in [-0.2, 0) is 23.9 Å². The summed E-state index contributed by atoms with van der Waals surface area (Å²) < 4.78 is 10.5. The molecule has 10 heteroatoms. The predicted molar refractivity (Wildman–Crippen MR) is 153 cm³/mol. The molecule has 2 amide bonds. The van der Waals surface area contributed by atoms with Gasteiger partial charge in [-0.25, -0.2) is 0 Å². The van der Waals surface area contributed by atoms with Gasteiger partial charge in [0.15, 0.2) is 6.10 Å². The molecule has 5 N–H and O–H groups in total. The minimum Gasteiger partial charge on any atom is -0.465 e. The fraction of sp³-hybridized carbons (Fsp3) is 0.833. The summed E-state index contributed by atoms with van der Waals surface area (Å²) in [5.41, 5.74) is 0. The van der Waals surface area contributed by atoms with E-state index in [9.17, 15) is 29.7 Å². The molecule has 0 aromatic heterocycles. The second-order valence-electron chi connectivity index (χ2n) is 11.2. The Morgan fingerprint density at radius 1 is 0.950 bits per heavy atom. The summed E-state index contributed by atoms with van der Waals surface area (Å²) in [7, 11) is 1.18. The van der Waals surface area contributed by atoms with Crippen molar-refractivity contribution in [3.8, 4) is 0 Å². The Balaban J connectivity index is 2.43. The zero-order valence-corrected chi connectivity index (χ0v) is 25.0. The number of ether oxygens (including phenoxy) is 2. The van der Waals surface area contributed by atoms with Crippen LogP contribution < -0.4 is 10.6 Å². The second-order valence-corrected chi connectivity index (χ2v) is 11.2. The molecular weight excluding hydrogens is 516 g/mol. The molecule has 1 fully saturated rings. The van der Waals surface area contributed by atoms with Crippen molar-refractivity contribution in [2.24, 2.45) is 11.8 Å². The van der Waals surface area contributed by atoms with Gasteiger partial charge in [0.25, 0.3) is 5.91 Å². The highest BCUT2D eigenvalue weighted by molar-refractivity contribution is 5.90. The number of carbonyl (C=O) groups excluding carboxylic acids is 3. The number of unbranched alkanes of at least 4 members (excludes halogenated alkanes) is 9. The van der Waals surface area contributed by atoms with Gasteiger partial charge >= 0.3 is 5.97 Å².